The molecule has 0 unspecified atom stereocenters. The van der Waals surface area contributed by atoms with Gasteiger partial charge in [0.1, 0.15) is 23.1 Å². The largest absolute Gasteiger partial charge is 0.490 e. The van der Waals surface area contributed by atoms with Gasteiger partial charge in [0.25, 0.3) is 0 Å². The van der Waals surface area contributed by atoms with Crippen LogP contribution in [0.5, 0.6) is 17.4 Å². The Morgan fingerprint density at radius 3 is 2.61 bits per heavy atom. The molecule has 0 aliphatic rings. The number of nitrogens with zero attached hydrogens (tertiary/aromatic N) is 1. The first-order valence-corrected chi connectivity index (χ1v) is 6.82. The number of methoxy groups -OCH3 is 1. The fourth-order valence-electron chi connectivity index (χ4n) is 1.57. The van der Waals surface area contributed by atoms with Crippen LogP contribution in [-0.4, -0.2) is 25.3 Å². The number of alkyl halides is 3. The van der Waals surface area contributed by atoms with Crippen molar-refractivity contribution in [2.45, 2.75) is 6.18 Å². The van der Waals surface area contributed by atoms with Crippen LogP contribution in [0, 0.1) is 6.07 Å². The van der Waals surface area contributed by atoms with E-state index in [0.29, 0.717) is 25.2 Å². The Bertz CT molecular complexity index is 665. The highest BCUT2D eigenvalue weighted by Crippen LogP contribution is 2.34. The highest BCUT2D eigenvalue weighted by atomic mass is 35.5. The predicted molar refractivity (Wildman–Crippen MR) is 77.0 cm³/mol. The van der Waals surface area contributed by atoms with Crippen LogP contribution in [0.25, 0.3) is 0 Å². The molecule has 1 aromatic heterocycles. The van der Waals surface area contributed by atoms with Crippen LogP contribution in [0.2, 0.25) is 5.02 Å². The Morgan fingerprint density at radius 1 is 1.22 bits per heavy atom. The van der Waals surface area contributed by atoms with Gasteiger partial charge in [0.15, 0.2) is 0 Å². The highest BCUT2D eigenvalue weighted by Gasteiger charge is 2.31. The number of rotatable bonds is 6. The first-order valence-electron chi connectivity index (χ1n) is 6.45. The van der Waals surface area contributed by atoms with Gasteiger partial charge in [0.05, 0.1) is 18.2 Å². The molecular formula is C15H12ClF3NO3. The molecular weight excluding hydrogens is 335 g/mol. The van der Waals surface area contributed by atoms with Crippen molar-refractivity contribution in [3.05, 3.63) is 47.1 Å². The maximum Gasteiger partial charge on any atom is 0.417 e. The normalized spacial score (nSPS) is 11.3. The van der Waals surface area contributed by atoms with Crippen LogP contribution in [-0.2, 0) is 10.9 Å². The van der Waals surface area contributed by atoms with Gasteiger partial charge in [-0.1, -0.05) is 17.7 Å². The van der Waals surface area contributed by atoms with Gasteiger partial charge >= 0.3 is 6.18 Å². The minimum absolute atomic E-state index is 0.148. The minimum atomic E-state index is -4.52. The molecule has 8 heteroatoms. The van der Waals surface area contributed by atoms with Gasteiger partial charge in [-0.25, -0.2) is 4.98 Å². The zero-order valence-corrected chi connectivity index (χ0v) is 12.7. The van der Waals surface area contributed by atoms with Gasteiger partial charge in [-0.15, -0.1) is 0 Å². The van der Waals surface area contributed by atoms with Gasteiger partial charge in [0, 0.05) is 13.3 Å². The Labute approximate surface area is 135 Å². The average Bonchev–Trinajstić information content (AvgIpc) is 2.49. The van der Waals surface area contributed by atoms with Gasteiger partial charge in [0.2, 0.25) is 5.88 Å². The molecule has 1 radical (unpaired) electrons. The van der Waals surface area contributed by atoms with Crippen LogP contribution in [0.3, 0.4) is 0 Å². The topological polar surface area (TPSA) is 40.6 Å². The number of benzene rings is 1. The van der Waals surface area contributed by atoms with Crippen molar-refractivity contribution in [1.82, 2.24) is 4.98 Å². The summed E-state index contributed by atoms with van der Waals surface area (Å²) >= 11 is 5.78. The lowest BCUT2D eigenvalue weighted by molar-refractivity contribution is -0.137. The molecule has 0 aliphatic carbocycles. The van der Waals surface area contributed by atoms with Crippen LogP contribution in [0.4, 0.5) is 13.2 Å². The lowest BCUT2D eigenvalue weighted by Gasteiger charge is -2.11. The zero-order valence-electron chi connectivity index (χ0n) is 12.0. The second-order valence-electron chi connectivity index (χ2n) is 4.33. The monoisotopic (exact) mass is 346 g/mol. The molecule has 2 rings (SSSR count). The summed E-state index contributed by atoms with van der Waals surface area (Å²) in [5.74, 6) is 0.474. The van der Waals surface area contributed by atoms with Crippen molar-refractivity contribution >= 4 is 11.6 Å². The molecule has 0 spiro atoms. The van der Waals surface area contributed by atoms with Crippen molar-refractivity contribution in [2.75, 3.05) is 20.3 Å². The number of hydrogen-bond donors (Lipinski definition) is 0. The standard InChI is InChI=1S/C15H12ClF3NO3/c1-21-5-6-22-11-3-2-4-12(8-11)23-14-13(16)7-10(9-20-14)15(17,18)19/h2-4,7,9H,5-6H2,1H3. The van der Waals surface area contributed by atoms with Crippen LogP contribution < -0.4 is 9.47 Å². The number of aromatic nitrogens is 1. The Kier molecular flexibility index (Phi) is 5.68. The van der Waals surface area contributed by atoms with E-state index in [1.54, 1.807) is 25.3 Å². The smallest absolute Gasteiger partial charge is 0.417 e. The van der Waals surface area contributed by atoms with E-state index in [1.807, 2.05) is 0 Å². The molecule has 0 N–H and O–H groups in total. The first kappa shape index (κ1) is 17.4. The maximum absolute atomic E-state index is 12.6. The summed E-state index contributed by atoms with van der Waals surface area (Å²) in [6, 6.07) is 8.41. The highest BCUT2D eigenvalue weighted by molar-refractivity contribution is 6.31. The quantitative estimate of drug-likeness (QED) is 0.728. The van der Waals surface area contributed by atoms with Gasteiger partial charge < -0.3 is 14.2 Å². The van der Waals surface area contributed by atoms with Crippen molar-refractivity contribution in [2.24, 2.45) is 0 Å². The molecule has 0 saturated carbocycles. The summed E-state index contributed by atoms with van der Waals surface area (Å²) in [5.41, 5.74) is -0.949. The Hall–Kier alpha value is -1.99. The van der Waals surface area contributed by atoms with Crippen molar-refractivity contribution < 1.29 is 27.4 Å². The number of ether oxygens (including phenoxy) is 3. The van der Waals surface area contributed by atoms with E-state index in [4.69, 9.17) is 25.8 Å². The number of halogens is 4. The fourth-order valence-corrected chi connectivity index (χ4v) is 1.77. The molecule has 23 heavy (non-hydrogen) atoms. The third kappa shape index (κ3) is 5.01. The zero-order chi connectivity index (χ0) is 16.9. The maximum atomic E-state index is 12.6. The number of pyridine rings is 1. The summed E-state index contributed by atoms with van der Waals surface area (Å²) in [5, 5.41) is -0.251. The van der Waals surface area contributed by atoms with Crippen LogP contribution in [0.1, 0.15) is 5.56 Å². The molecule has 0 bridgehead atoms. The molecule has 0 amide bonds. The number of hydrogen-bond acceptors (Lipinski definition) is 4. The van der Waals surface area contributed by atoms with E-state index < -0.39 is 11.7 Å². The summed E-state index contributed by atoms with van der Waals surface area (Å²) in [4.78, 5) is 3.59. The van der Waals surface area contributed by atoms with Crippen LogP contribution in [0.15, 0.2) is 30.5 Å². The van der Waals surface area contributed by atoms with Crippen molar-refractivity contribution in [3.8, 4) is 17.4 Å². The van der Waals surface area contributed by atoms with E-state index >= 15 is 0 Å². The molecule has 1 heterocycles. The summed E-state index contributed by atoms with van der Waals surface area (Å²) in [6.45, 7) is 0.737. The Morgan fingerprint density at radius 2 is 1.96 bits per heavy atom. The molecule has 1 aromatic carbocycles. The lowest BCUT2D eigenvalue weighted by atomic mass is 10.3. The lowest BCUT2D eigenvalue weighted by Crippen LogP contribution is -2.06. The van der Waals surface area contributed by atoms with Gasteiger partial charge in [-0.05, 0) is 18.2 Å². The van der Waals surface area contributed by atoms with Crippen molar-refractivity contribution in [1.29, 1.82) is 0 Å². The predicted octanol–water partition coefficient (Wildman–Crippen LogP) is 4.37. The SMILES string of the molecule is COCCOc1[c]c(Oc2ncc(C(F)(F)F)cc2Cl)ccc1. The third-order valence-corrected chi connectivity index (χ3v) is 2.90. The van der Waals surface area contributed by atoms with Gasteiger partial charge in [-0.3, -0.25) is 0 Å². The van der Waals surface area contributed by atoms with E-state index in [9.17, 15) is 13.2 Å². The second kappa shape index (κ2) is 7.52. The van der Waals surface area contributed by atoms with Crippen LogP contribution >= 0.6 is 11.6 Å². The van der Waals surface area contributed by atoms with E-state index in [2.05, 4.69) is 11.1 Å². The Balaban J connectivity index is 2.11. The minimum Gasteiger partial charge on any atom is -0.490 e. The summed E-state index contributed by atoms with van der Waals surface area (Å²) in [6.07, 6.45) is -3.86. The van der Waals surface area contributed by atoms with E-state index in [-0.39, 0.29) is 16.7 Å². The molecule has 0 fully saturated rings. The summed E-state index contributed by atoms with van der Waals surface area (Å²) in [7, 11) is 1.55. The van der Waals surface area contributed by atoms with Gasteiger partial charge in [-0.2, -0.15) is 13.2 Å². The van der Waals surface area contributed by atoms with E-state index in [1.165, 1.54) is 0 Å². The molecule has 4 nitrogen and oxygen atoms in total. The van der Waals surface area contributed by atoms with E-state index in [0.717, 1.165) is 6.07 Å². The fraction of sp³-hybridized carbons (Fsp3) is 0.267. The average molecular weight is 347 g/mol. The third-order valence-electron chi connectivity index (χ3n) is 2.63. The second-order valence-corrected chi connectivity index (χ2v) is 4.74. The molecule has 123 valence electrons. The van der Waals surface area contributed by atoms with Crippen molar-refractivity contribution in [3.63, 3.8) is 0 Å². The molecule has 0 aliphatic heterocycles. The molecule has 0 saturated heterocycles. The first-order chi connectivity index (χ1) is 10.9. The molecule has 0 atom stereocenters. The molecule has 2 aromatic rings. The summed E-state index contributed by atoms with van der Waals surface area (Å²) < 4.78 is 53.2.